The predicted octanol–water partition coefficient (Wildman–Crippen LogP) is 1.04. The van der Waals surface area contributed by atoms with Crippen LogP contribution in [0.15, 0.2) is 48.5 Å². The first-order valence-electron chi connectivity index (χ1n) is 9.44. The molecule has 0 aliphatic carbocycles. The van der Waals surface area contributed by atoms with E-state index in [-0.39, 0.29) is 11.8 Å². The van der Waals surface area contributed by atoms with Gasteiger partial charge in [0.05, 0.1) is 49.6 Å². The number of nitrogens with one attached hydrogen (secondary N) is 1. The molecule has 0 aromatic heterocycles. The number of quaternary nitrogens is 1. The number of benzene rings is 2. The van der Waals surface area contributed by atoms with Crippen LogP contribution in [0.3, 0.4) is 0 Å². The zero-order chi connectivity index (χ0) is 18.8. The Morgan fingerprint density at radius 2 is 1.52 bits per heavy atom. The van der Waals surface area contributed by atoms with Crippen molar-refractivity contribution in [3.63, 3.8) is 0 Å². The van der Waals surface area contributed by atoms with Crippen molar-refractivity contribution in [2.24, 2.45) is 0 Å². The maximum Gasteiger partial charge on any atom is 0.265 e. The first-order chi connectivity index (χ1) is 13.2. The molecule has 2 aliphatic heterocycles. The number of hydrogen-bond donors (Lipinski definition) is 1. The Balaban J connectivity index is 1.40. The van der Waals surface area contributed by atoms with Crippen LogP contribution in [0.5, 0.6) is 5.75 Å². The molecule has 6 heteroatoms. The summed E-state index contributed by atoms with van der Waals surface area (Å²) >= 11 is 0. The first-order valence-corrected chi connectivity index (χ1v) is 9.44. The monoisotopic (exact) mass is 366 g/mol. The standard InChI is InChI=1S/C21H23N3O3/c1-2-27-19-10-6-5-9-18(19)23-13-11-22(12-14-23)15-24-20(25)16-7-3-4-8-17(16)21(24)26/h3-10H,2,11-15H2,1H3/p+1. The fourth-order valence-corrected chi connectivity index (χ4v) is 3.82. The van der Waals surface area contributed by atoms with E-state index in [1.807, 2.05) is 25.1 Å². The molecule has 1 fully saturated rings. The summed E-state index contributed by atoms with van der Waals surface area (Å²) in [6.45, 7) is 6.52. The highest BCUT2D eigenvalue weighted by Crippen LogP contribution is 2.28. The molecular weight excluding hydrogens is 342 g/mol. The van der Waals surface area contributed by atoms with E-state index < -0.39 is 0 Å². The molecule has 0 radical (unpaired) electrons. The van der Waals surface area contributed by atoms with Gasteiger partial charge in [0.25, 0.3) is 11.8 Å². The minimum atomic E-state index is -0.174. The summed E-state index contributed by atoms with van der Waals surface area (Å²) in [5.41, 5.74) is 2.15. The number of para-hydroxylation sites is 2. The average Bonchev–Trinajstić information content (AvgIpc) is 2.95. The molecule has 1 saturated heterocycles. The van der Waals surface area contributed by atoms with E-state index in [9.17, 15) is 9.59 Å². The molecule has 0 spiro atoms. The number of carbonyl (C=O) groups excluding carboxylic acids is 2. The van der Waals surface area contributed by atoms with Gasteiger partial charge in [0, 0.05) is 0 Å². The number of nitrogens with zero attached hydrogens (tertiary/aromatic N) is 2. The van der Waals surface area contributed by atoms with E-state index in [1.54, 1.807) is 24.3 Å². The third kappa shape index (κ3) is 3.28. The maximum absolute atomic E-state index is 12.5. The minimum Gasteiger partial charge on any atom is -0.492 e. The van der Waals surface area contributed by atoms with Crippen molar-refractivity contribution in [1.82, 2.24) is 4.90 Å². The highest BCUT2D eigenvalue weighted by molar-refractivity contribution is 6.21. The molecule has 0 atom stereocenters. The van der Waals surface area contributed by atoms with Crippen LogP contribution < -0.4 is 14.5 Å². The molecule has 0 unspecified atom stereocenters. The lowest BCUT2D eigenvalue weighted by Crippen LogP contribution is -3.16. The van der Waals surface area contributed by atoms with E-state index in [4.69, 9.17) is 4.74 Å². The SMILES string of the molecule is CCOc1ccccc1N1CC[NH+](CN2C(=O)c3ccccc3C2=O)CC1. The predicted molar refractivity (Wildman–Crippen MR) is 102 cm³/mol. The Hall–Kier alpha value is -2.86. The summed E-state index contributed by atoms with van der Waals surface area (Å²) in [5.74, 6) is 0.559. The molecule has 140 valence electrons. The number of imide groups is 1. The average molecular weight is 366 g/mol. The molecule has 6 nitrogen and oxygen atoms in total. The summed E-state index contributed by atoms with van der Waals surface area (Å²) in [4.78, 5) is 30.1. The molecule has 0 saturated carbocycles. The van der Waals surface area contributed by atoms with Gasteiger partial charge in [-0.15, -0.1) is 0 Å². The van der Waals surface area contributed by atoms with Crippen LogP contribution >= 0.6 is 0 Å². The second kappa shape index (κ2) is 7.40. The molecule has 27 heavy (non-hydrogen) atoms. The zero-order valence-corrected chi connectivity index (χ0v) is 15.5. The maximum atomic E-state index is 12.5. The number of fused-ring (bicyclic) bond motifs is 1. The second-order valence-corrected chi connectivity index (χ2v) is 6.88. The lowest BCUT2D eigenvalue weighted by molar-refractivity contribution is -0.907. The van der Waals surface area contributed by atoms with Gasteiger partial charge in [0.1, 0.15) is 5.75 Å². The second-order valence-electron chi connectivity index (χ2n) is 6.88. The van der Waals surface area contributed by atoms with Crippen molar-refractivity contribution >= 4 is 17.5 Å². The van der Waals surface area contributed by atoms with E-state index in [1.165, 1.54) is 9.80 Å². The van der Waals surface area contributed by atoms with Crippen molar-refractivity contribution in [1.29, 1.82) is 0 Å². The number of anilines is 1. The van der Waals surface area contributed by atoms with E-state index in [0.29, 0.717) is 24.4 Å². The molecule has 2 heterocycles. The lowest BCUT2D eigenvalue weighted by atomic mass is 10.1. The fourth-order valence-electron chi connectivity index (χ4n) is 3.82. The third-order valence-electron chi connectivity index (χ3n) is 5.24. The van der Waals surface area contributed by atoms with Crippen molar-refractivity contribution in [3.8, 4) is 5.75 Å². The number of carbonyl (C=O) groups is 2. The zero-order valence-electron chi connectivity index (χ0n) is 15.5. The Labute approximate surface area is 158 Å². The summed E-state index contributed by atoms with van der Waals surface area (Å²) in [6.07, 6.45) is 0. The van der Waals surface area contributed by atoms with Crippen LogP contribution in [0.1, 0.15) is 27.6 Å². The highest BCUT2D eigenvalue weighted by Gasteiger charge is 2.38. The van der Waals surface area contributed by atoms with Crippen LogP contribution in [0, 0.1) is 0 Å². The molecular formula is C21H24N3O3+. The van der Waals surface area contributed by atoms with E-state index in [0.717, 1.165) is 37.6 Å². The van der Waals surface area contributed by atoms with Crippen LogP contribution in [-0.4, -0.2) is 56.2 Å². The largest absolute Gasteiger partial charge is 0.492 e. The molecule has 2 aliphatic rings. The molecule has 4 rings (SSSR count). The number of rotatable bonds is 5. The summed E-state index contributed by atoms with van der Waals surface area (Å²) in [5, 5.41) is 0. The van der Waals surface area contributed by atoms with Crippen LogP contribution in [0.4, 0.5) is 5.69 Å². The quantitative estimate of drug-likeness (QED) is 0.804. The minimum absolute atomic E-state index is 0.174. The highest BCUT2D eigenvalue weighted by atomic mass is 16.5. The molecule has 2 aromatic carbocycles. The van der Waals surface area contributed by atoms with Gasteiger partial charge in [-0.2, -0.15) is 0 Å². The van der Waals surface area contributed by atoms with E-state index >= 15 is 0 Å². The molecule has 2 amide bonds. The van der Waals surface area contributed by atoms with Gasteiger partial charge in [-0.3, -0.25) is 9.59 Å². The normalized spacial score (nSPS) is 17.4. The van der Waals surface area contributed by atoms with Gasteiger partial charge in [0.15, 0.2) is 6.67 Å². The van der Waals surface area contributed by atoms with Gasteiger partial charge in [0.2, 0.25) is 0 Å². The summed E-state index contributed by atoms with van der Waals surface area (Å²) in [6, 6.07) is 15.1. The van der Waals surface area contributed by atoms with Gasteiger partial charge < -0.3 is 14.5 Å². The van der Waals surface area contributed by atoms with E-state index in [2.05, 4.69) is 11.0 Å². The smallest absolute Gasteiger partial charge is 0.265 e. The number of amides is 2. The number of piperazine rings is 1. The fraction of sp³-hybridized carbons (Fsp3) is 0.333. The van der Waals surface area contributed by atoms with Crippen LogP contribution in [-0.2, 0) is 0 Å². The van der Waals surface area contributed by atoms with Gasteiger partial charge >= 0.3 is 0 Å². The Bertz CT molecular complexity index is 824. The Morgan fingerprint density at radius 1 is 0.926 bits per heavy atom. The van der Waals surface area contributed by atoms with Crippen molar-refractivity contribution in [2.75, 3.05) is 44.4 Å². The lowest BCUT2D eigenvalue weighted by Gasteiger charge is -2.35. The Morgan fingerprint density at radius 3 is 2.15 bits per heavy atom. The van der Waals surface area contributed by atoms with Gasteiger partial charge in [-0.25, -0.2) is 4.90 Å². The van der Waals surface area contributed by atoms with Crippen molar-refractivity contribution in [2.45, 2.75) is 6.92 Å². The molecule has 1 N–H and O–H groups in total. The molecule has 0 bridgehead atoms. The first kappa shape index (κ1) is 17.5. The van der Waals surface area contributed by atoms with Gasteiger partial charge in [-0.05, 0) is 31.2 Å². The van der Waals surface area contributed by atoms with Crippen LogP contribution in [0.25, 0.3) is 0 Å². The van der Waals surface area contributed by atoms with Crippen LogP contribution in [0.2, 0.25) is 0 Å². The molecule has 2 aromatic rings. The van der Waals surface area contributed by atoms with Gasteiger partial charge in [-0.1, -0.05) is 24.3 Å². The topological polar surface area (TPSA) is 54.3 Å². The van der Waals surface area contributed by atoms with Crippen molar-refractivity contribution < 1.29 is 19.2 Å². The Kier molecular flexibility index (Phi) is 4.81. The number of ether oxygens (including phenoxy) is 1. The number of hydrogen-bond acceptors (Lipinski definition) is 4. The third-order valence-corrected chi connectivity index (χ3v) is 5.24. The summed E-state index contributed by atoms with van der Waals surface area (Å²) in [7, 11) is 0. The van der Waals surface area contributed by atoms with Crippen molar-refractivity contribution in [3.05, 3.63) is 59.7 Å². The summed E-state index contributed by atoms with van der Waals surface area (Å²) < 4.78 is 5.74.